The number of nitrogens with two attached hydrogens (primary N) is 1. The lowest BCUT2D eigenvalue weighted by atomic mass is 10.0. The van der Waals surface area contributed by atoms with Crippen LogP contribution >= 0.6 is 0 Å². The van der Waals surface area contributed by atoms with Gasteiger partial charge in [-0.15, -0.1) is 0 Å². The van der Waals surface area contributed by atoms with Crippen molar-refractivity contribution in [2.45, 2.75) is 51.1 Å². The van der Waals surface area contributed by atoms with Gasteiger partial charge >= 0.3 is 0 Å². The summed E-state index contributed by atoms with van der Waals surface area (Å²) in [6.45, 7) is 4.63. The van der Waals surface area contributed by atoms with Gasteiger partial charge in [0.25, 0.3) is 0 Å². The first-order valence-corrected chi connectivity index (χ1v) is 5.81. The fourth-order valence-corrected chi connectivity index (χ4v) is 2.99. The quantitative estimate of drug-likeness (QED) is 0.718. The summed E-state index contributed by atoms with van der Waals surface area (Å²) >= 11 is 0. The highest BCUT2D eigenvalue weighted by Gasteiger charge is 2.37. The highest BCUT2D eigenvalue weighted by atomic mass is 15.2. The third-order valence-corrected chi connectivity index (χ3v) is 3.87. The summed E-state index contributed by atoms with van der Waals surface area (Å²) in [7, 11) is 0. The zero-order chi connectivity index (χ0) is 9.26. The Labute approximate surface area is 81.5 Å². The number of hydrogen-bond donors (Lipinski definition) is 1. The third-order valence-electron chi connectivity index (χ3n) is 3.87. The second-order valence-corrected chi connectivity index (χ2v) is 4.71. The van der Waals surface area contributed by atoms with Crippen LogP contribution in [0.5, 0.6) is 0 Å². The highest BCUT2D eigenvalue weighted by Crippen LogP contribution is 2.37. The molecule has 2 nitrogen and oxygen atoms in total. The lowest BCUT2D eigenvalue weighted by Crippen LogP contribution is -2.40. The Kier molecular flexibility index (Phi) is 2.89. The molecule has 0 spiro atoms. The van der Waals surface area contributed by atoms with E-state index in [1.54, 1.807) is 0 Å². The standard InChI is InChI=1S/C11H22N2/c1-2-10(12)8-13-7-6-9-4-3-5-11(9)13/h9-11H,2-8,12H2,1H3/t9?,10-,11?/m1/s1. The van der Waals surface area contributed by atoms with E-state index in [4.69, 9.17) is 5.73 Å². The van der Waals surface area contributed by atoms with Gasteiger partial charge in [-0.05, 0) is 38.1 Å². The molecule has 0 radical (unpaired) electrons. The molecule has 1 aliphatic carbocycles. The summed E-state index contributed by atoms with van der Waals surface area (Å²) in [5.41, 5.74) is 5.99. The molecule has 1 heterocycles. The monoisotopic (exact) mass is 182 g/mol. The minimum absolute atomic E-state index is 0.402. The van der Waals surface area contributed by atoms with Gasteiger partial charge in [0.05, 0.1) is 0 Å². The van der Waals surface area contributed by atoms with E-state index in [1.807, 2.05) is 0 Å². The van der Waals surface area contributed by atoms with E-state index in [2.05, 4.69) is 11.8 Å². The van der Waals surface area contributed by atoms with E-state index >= 15 is 0 Å². The molecule has 2 aliphatic rings. The summed E-state index contributed by atoms with van der Waals surface area (Å²) in [6, 6.07) is 1.30. The van der Waals surface area contributed by atoms with E-state index in [0.717, 1.165) is 24.9 Å². The van der Waals surface area contributed by atoms with E-state index in [1.165, 1.54) is 32.2 Å². The first kappa shape index (κ1) is 9.47. The minimum atomic E-state index is 0.402. The van der Waals surface area contributed by atoms with E-state index in [9.17, 15) is 0 Å². The van der Waals surface area contributed by atoms with Crippen LogP contribution in [0.4, 0.5) is 0 Å². The Morgan fingerprint density at radius 2 is 2.23 bits per heavy atom. The molecule has 2 rings (SSSR count). The van der Waals surface area contributed by atoms with Gasteiger partial charge in [-0.2, -0.15) is 0 Å². The van der Waals surface area contributed by atoms with Crippen LogP contribution in [0.25, 0.3) is 0 Å². The summed E-state index contributed by atoms with van der Waals surface area (Å²) in [5, 5.41) is 0. The normalized spacial score (nSPS) is 36.5. The number of rotatable bonds is 3. The van der Waals surface area contributed by atoms with Gasteiger partial charge in [-0.1, -0.05) is 13.3 Å². The zero-order valence-electron chi connectivity index (χ0n) is 8.71. The summed E-state index contributed by atoms with van der Waals surface area (Å²) in [5.74, 6) is 1.02. The molecule has 2 fully saturated rings. The van der Waals surface area contributed by atoms with Gasteiger partial charge in [-0.25, -0.2) is 0 Å². The lowest BCUT2D eigenvalue weighted by molar-refractivity contribution is 0.225. The fraction of sp³-hybridized carbons (Fsp3) is 1.00. The Bertz CT molecular complexity index is 169. The van der Waals surface area contributed by atoms with Gasteiger partial charge in [0.1, 0.15) is 0 Å². The molecule has 2 N–H and O–H groups in total. The molecule has 3 atom stereocenters. The molecule has 0 aromatic rings. The van der Waals surface area contributed by atoms with E-state index < -0.39 is 0 Å². The molecule has 0 amide bonds. The topological polar surface area (TPSA) is 29.3 Å². The average Bonchev–Trinajstić information content (AvgIpc) is 2.69. The number of likely N-dealkylation sites (tertiary alicyclic amines) is 1. The van der Waals surface area contributed by atoms with Crippen LogP contribution in [-0.4, -0.2) is 30.1 Å². The lowest BCUT2D eigenvalue weighted by Gasteiger charge is -2.26. The first-order chi connectivity index (χ1) is 6.31. The van der Waals surface area contributed by atoms with Crippen molar-refractivity contribution in [1.82, 2.24) is 4.90 Å². The third kappa shape index (κ3) is 1.89. The summed E-state index contributed by atoms with van der Waals surface area (Å²) < 4.78 is 0. The van der Waals surface area contributed by atoms with Crippen molar-refractivity contribution < 1.29 is 0 Å². The predicted molar refractivity (Wildman–Crippen MR) is 55.6 cm³/mol. The Morgan fingerprint density at radius 3 is 3.00 bits per heavy atom. The molecule has 1 saturated heterocycles. The molecule has 0 aromatic carbocycles. The molecule has 0 aromatic heterocycles. The molecule has 1 saturated carbocycles. The van der Waals surface area contributed by atoms with Crippen LogP contribution in [0, 0.1) is 5.92 Å². The van der Waals surface area contributed by atoms with E-state index in [0.29, 0.717) is 6.04 Å². The molecule has 0 bridgehead atoms. The van der Waals surface area contributed by atoms with Crippen molar-refractivity contribution in [1.29, 1.82) is 0 Å². The maximum absolute atomic E-state index is 5.99. The molecule has 1 aliphatic heterocycles. The van der Waals surface area contributed by atoms with E-state index in [-0.39, 0.29) is 0 Å². The number of fused-ring (bicyclic) bond motifs is 1. The van der Waals surface area contributed by atoms with Gasteiger partial charge in [0, 0.05) is 18.6 Å². The van der Waals surface area contributed by atoms with Crippen LogP contribution in [0.2, 0.25) is 0 Å². The zero-order valence-corrected chi connectivity index (χ0v) is 8.71. The molecular weight excluding hydrogens is 160 g/mol. The van der Waals surface area contributed by atoms with Crippen molar-refractivity contribution in [3.63, 3.8) is 0 Å². The largest absolute Gasteiger partial charge is 0.327 e. The van der Waals surface area contributed by atoms with Crippen molar-refractivity contribution in [2.75, 3.05) is 13.1 Å². The number of hydrogen-bond acceptors (Lipinski definition) is 2. The van der Waals surface area contributed by atoms with Crippen molar-refractivity contribution in [3.8, 4) is 0 Å². The first-order valence-electron chi connectivity index (χ1n) is 5.81. The second-order valence-electron chi connectivity index (χ2n) is 4.71. The molecule has 2 heteroatoms. The molecule has 13 heavy (non-hydrogen) atoms. The maximum atomic E-state index is 5.99. The van der Waals surface area contributed by atoms with Gasteiger partial charge < -0.3 is 5.73 Å². The smallest absolute Gasteiger partial charge is 0.0165 e. The van der Waals surface area contributed by atoms with Crippen molar-refractivity contribution in [2.24, 2.45) is 11.7 Å². The van der Waals surface area contributed by atoms with Crippen LogP contribution < -0.4 is 5.73 Å². The van der Waals surface area contributed by atoms with Crippen LogP contribution in [0.3, 0.4) is 0 Å². The SMILES string of the molecule is CC[C@@H](N)CN1CCC2CCCC21. The highest BCUT2D eigenvalue weighted by molar-refractivity contribution is 4.92. The van der Waals surface area contributed by atoms with Gasteiger partial charge in [0.2, 0.25) is 0 Å². The van der Waals surface area contributed by atoms with Crippen molar-refractivity contribution in [3.05, 3.63) is 0 Å². The average molecular weight is 182 g/mol. The van der Waals surface area contributed by atoms with Gasteiger partial charge in [0.15, 0.2) is 0 Å². The minimum Gasteiger partial charge on any atom is -0.327 e. The second kappa shape index (κ2) is 3.97. The molecule has 76 valence electrons. The Morgan fingerprint density at radius 1 is 1.38 bits per heavy atom. The molecular formula is C11H22N2. The van der Waals surface area contributed by atoms with Crippen molar-refractivity contribution >= 4 is 0 Å². The summed E-state index contributed by atoms with van der Waals surface area (Å²) in [6.07, 6.45) is 6.91. The Balaban J connectivity index is 1.86. The Hall–Kier alpha value is -0.0800. The van der Waals surface area contributed by atoms with Crippen LogP contribution in [-0.2, 0) is 0 Å². The van der Waals surface area contributed by atoms with Crippen LogP contribution in [0.1, 0.15) is 39.0 Å². The predicted octanol–water partition coefficient (Wildman–Crippen LogP) is 1.60. The fourth-order valence-electron chi connectivity index (χ4n) is 2.99. The number of nitrogens with zero attached hydrogens (tertiary/aromatic N) is 1. The van der Waals surface area contributed by atoms with Gasteiger partial charge in [-0.3, -0.25) is 4.90 Å². The summed E-state index contributed by atoms with van der Waals surface area (Å²) in [4.78, 5) is 2.64. The molecule has 2 unspecified atom stereocenters. The van der Waals surface area contributed by atoms with Crippen LogP contribution in [0.15, 0.2) is 0 Å². The maximum Gasteiger partial charge on any atom is 0.0165 e.